The van der Waals surface area contributed by atoms with Gasteiger partial charge in [0.15, 0.2) is 12.0 Å². The number of amides is 1. The van der Waals surface area contributed by atoms with Crippen molar-refractivity contribution in [1.29, 1.82) is 10.5 Å². The van der Waals surface area contributed by atoms with E-state index in [1.54, 1.807) is 28.1 Å². The number of hydrogen-bond acceptors (Lipinski definition) is 8. The molecule has 2 aromatic rings. The number of carbonyl (C=O) groups is 1. The topological polar surface area (TPSA) is 119 Å². The molecule has 2 aliphatic heterocycles. The molecule has 0 spiro atoms. The number of anilines is 1. The first-order valence-corrected chi connectivity index (χ1v) is 11.1. The minimum Gasteiger partial charge on any atom is -0.492 e. The SMILES string of the molecule is N#Cc1ccc(-n2cnc(NC(=O)C3CCN(C#N)C3)c2)cc1OCCCN1CCOCC1. The van der Waals surface area contributed by atoms with Crippen LogP contribution in [0.2, 0.25) is 0 Å². The fourth-order valence-electron chi connectivity index (χ4n) is 4.00. The highest BCUT2D eigenvalue weighted by Gasteiger charge is 2.28. The van der Waals surface area contributed by atoms with Crippen LogP contribution < -0.4 is 10.1 Å². The molecule has 4 rings (SSSR count). The number of aromatic nitrogens is 2. The molecular formula is C23H27N7O3. The summed E-state index contributed by atoms with van der Waals surface area (Å²) in [5.41, 5.74) is 1.25. The molecule has 2 aliphatic rings. The van der Waals surface area contributed by atoms with Gasteiger partial charge in [-0.15, -0.1) is 0 Å². The molecule has 1 amide bonds. The Kier molecular flexibility index (Phi) is 7.40. The summed E-state index contributed by atoms with van der Waals surface area (Å²) >= 11 is 0. The molecule has 1 atom stereocenters. The van der Waals surface area contributed by atoms with Crippen LogP contribution in [0.1, 0.15) is 18.4 Å². The van der Waals surface area contributed by atoms with Crippen molar-refractivity contribution in [2.75, 3.05) is 57.9 Å². The Morgan fingerprint density at radius 3 is 2.88 bits per heavy atom. The van der Waals surface area contributed by atoms with E-state index < -0.39 is 0 Å². The standard InChI is InChI=1S/C23H27N7O3/c24-13-18-2-3-20(12-21(18)33-9-1-5-28-7-10-32-11-8-28)30-15-22(26-17-30)27-23(31)19-4-6-29(14-19)16-25/h2-3,12,15,17,19H,1,4-11,14H2,(H,27,31). The third-order valence-electron chi connectivity index (χ3n) is 5.90. The monoisotopic (exact) mass is 449 g/mol. The zero-order valence-electron chi connectivity index (χ0n) is 18.4. The number of hydrogen-bond donors (Lipinski definition) is 1. The zero-order chi connectivity index (χ0) is 23.0. The number of rotatable bonds is 8. The molecule has 1 aromatic carbocycles. The maximum atomic E-state index is 12.5. The summed E-state index contributed by atoms with van der Waals surface area (Å²) in [6.07, 6.45) is 6.92. The van der Waals surface area contributed by atoms with Gasteiger partial charge in [0, 0.05) is 38.8 Å². The second kappa shape index (κ2) is 10.8. The molecule has 0 aliphatic carbocycles. The van der Waals surface area contributed by atoms with Crippen LogP contribution in [0.4, 0.5) is 5.82 Å². The molecule has 0 saturated carbocycles. The van der Waals surface area contributed by atoms with Gasteiger partial charge in [-0.25, -0.2) is 4.98 Å². The van der Waals surface area contributed by atoms with Crippen molar-refractivity contribution in [2.45, 2.75) is 12.8 Å². The summed E-state index contributed by atoms with van der Waals surface area (Å²) in [7, 11) is 0. The van der Waals surface area contributed by atoms with Gasteiger partial charge in [0.25, 0.3) is 0 Å². The molecule has 2 fully saturated rings. The van der Waals surface area contributed by atoms with Gasteiger partial charge in [-0.3, -0.25) is 9.69 Å². The largest absolute Gasteiger partial charge is 0.492 e. The summed E-state index contributed by atoms with van der Waals surface area (Å²) < 4.78 is 13.1. The maximum Gasteiger partial charge on any atom is 0.230 e. The molecule has 1 unspecified atom stereocenters. The number of nitrogens with one attached hydrogen (secondary N) is 1. The van der Waals surface area contributed by atoms with Crippen molar-refractivity contribution in [1.82, 2.24) is 19.4 Å². The quantitative estimate of drug-likeness (QED) is 0.477. The number of nitriles is 2. The summed E-state index contributed by atoms with van der Waals surface area (Å²) in [5, 5.41) is 21.2. The van der Waals surface area contributed by atoms with Gasteiger partial charge in [0.2, 0.25) is 5.91 Å². The van der Waals surface area contributed by atoms with Gasteiger partial charge in [0.05, 0.1) is 43.2 Å². The van der Waals surface area contributed by atoms with Crippen molar-refractivity contribution in [3.05, 3.63) is 36.3 Å². The first-order chi connectivity index (χ1) is 16.2. The van der Waals surface area contributed by atoms with E-state index in [-0.39, 0.29) is 11.8 Å². The molecule has 2 saturated heterocycles. The van der Waals surface area contributed by atoms with Gasteiger partial charge in [-0.1, -0.05) is 0 Å². The Balaban J connectivity index is 1.35. The Bertz CT molecular complexity index is 1050. The average Bonchev–Trinajstić information content (AvgIpc) is 3.52. The number of imidazole rings is 1. The lowest BCUT2D eigenvalue weighted by Gasteiger charge is -2.26. The lowest BCUT2D eigenvalue weighted by atomic mass is 10.1. The Morgan fingerprint density at radius 2 is 2.12 bits per heavy atom. The first-order valence-electron chi connectivity index (χ1n) is 11.1. The summed E-state index contributed by atoms with van der Waals surface area (Å²) in [6.45, 7) is 5.91. The minimum absolute atomic E-state index is 0.137. The number of benzene rings is 1. The van der Waals surface area contributed by atoms with Crippen molar-refractivity contribution in [3.63, 3.8) is 0 Å². The highest BCUT2D eigenvalue weighted by molar-refractivity contribution is 5.92. The van der Waals surface area contributed by atoms with Gasteiger partial charge < -0.3 is 24.3 Å². The van der Waals surface area contributed by atoms with Crippen LogP contribution in [-0.2, 0) is 9.53 Å². The normalized spacial score (nSPS) is 18.5. The van der Waals surface area contributed by atoms with Crippen LogP contribution in [0.15, 0.2) is 30.7 Å². The van der Waals surface area contributed by atoms with Crippen molar-refractivity contribution < 1.29 is 14.3 Å². The number of carbonyl (C=O) groups excluding carboxylic acids is 1. The molecule has 10 heteroatoms. The van der Waals surface area contributed by atoms with Gasteiger partial charge in [-0.2, -0.15) is 10.5 Å². The average molecular weight is 450 g/mol. The highest BCUT2D eigenvalue weighted by atomic mass is 16.5. The lowest BCUT2D eigenvalue weighted by Crippen LogP contribution is -2.37. The van der Waals surface area contributed by atoms with E-state index in [0.717, 1.165) is 45.0 Å². The second-order valence-electron chi connectivity index (χ2n) is 8.14. The van der Waals surface area contributed by atoms with Crippen LogP contribution >= 0.6 is 0 Å². The van der Waals surface area contributed by atoms with Crippen LogP contribution in [0.25, 0.3) is 5.69 Å². The van der Waals surface area contributed by atoms with E-state index >= 15 is 0 Å². The molecule has 1 aromatic heterocycles. The molecule has 10 nitrogen and oxygen atoms in total. The van der Waals surface area contributed by atoms with E-state index in [9.17, 15) is 10.1 Å². The van der Waals surface area contributed by atoms with E-state index in [1.165, 1.54) is 0 Å². The lowest BCUT2D eigenvalue weighted by molar-refractivity contribution is -0.119. The molecule has 0 bridgehead atoms. The van der Waals surface area contributed by atoms with Crippen LogP contribution in [0.5, 0.6) is 5.75 Å². The minimum atomic E-state index is -0.220. The molecule has 1 N–H and O–H groups in total. The van der Waals surface area contributed by atoms with Crippen molar-refractivity contribution in [2.24, 2.45) is 5.92 Å². The predicted octanol–water partition coefficient (Wildman–Crippen LogP) is 1.59. The summed E-state index contributed by atoms with van der Waals surface area (Å²) in [4.78, 5) is 20.7. The maximum absolute atomic E-state index is 12.5. The van der Waals surface area contributed by atoms with Crippen LogP contribution in [0, 0.1) is 28.7 Å². The third kappa shape index (κ3) is 5.80. The summed E-state index contributed by atoms with van der Waals surface area (Å²) in [5.74, 6) is 0.607. The Hall–Kier alpha value is -3.60. The third-order valence-corrected chi connectivity index (χ3v) is 5.90. The molecule has 0 radical (unpaired) electrons. The van der Waals surface area contributed by atoms with E-state index in [0.29, 0.717) is 43.2 Å². The predicted molar refractivity (Wildman–Crippen MR) is 120 cm³/mol. The Morgan fingerprint density at radius 1 is 1.27 bits per heavy atom. The molecule has 172 valence electrons. The van der Waals surface area contributed by atoms with E-state index in [2.05, 4.69) is 27.5 Å². The highest BCUT2D eigenvalue weighted by Crippen LogP contribution is 2.24. The fourth-order valence-corrected chi connectivity index (χ4v) is 4.00. The first kappa shape index (κ1) is 22.6. The number of likely N-dealkylation sites (tertiary alicyclic amines) is 1. The Labute approximate surface area is 192 Å². The number of nitrogens with zero attached hydrogens (tertiary/aromatic N) is 6. The molecule has 33 heavy (non-hydrogen) atoms. The van der Waals surface area contributed by atoms with Gasteiger partial charge >= 0.3 is 0 Å². The van der Waals surface area contributed by atoms with Crippen molar-refractivity contribution >= 4 is 11.7 Å². The van der Waals surface area contributed by atoms with Crippen LogP contribution in [0.3, 0.4) is 0 Å². The van der Waals surface area contributed by atoms with Crippen molar-refractivity contribution in [3.8, 4) is 23.7 Å². The zero-order valence-corrected chi connectivity index (χ0v) is 18.4. The van der Waals surface area contributed by atoms with Gasteiger partial charge in [0.1, 0.15) is 18.1 Å². The van der Waals surface area contributed by atoms with E-state index in [1.807, 2.05) is 12.1 Å². The fraction of sp³-hybridized carbons (Fsp3) is 0.478. The molecular weight excluding hydrogens is 422 g/mol. The number of morpholine rings is 1. The molecule has 3 heterocycles. The van der Waals surface area contributed by atoms with E-state index in [4.69, 9.17) is 14.7 Å². The van der Waals surface area contributed by atoms with Gasteiger partial charge in [-0.05, 0) is 25.0 Å². The summed E-state index contributed by atoms with van der Waals surface area (Å²) in [6, 6.07) is 7.52. The smallest absolute Gasteiger partial charge is 0.230 e. The van der Waals surface area contributed by atoms with Crippen LogP contribution in [-0.4, -0.2) is 77.8 Å². The number of ether oxygens (including phenoxy) is 2. The second-order valence-corrected chi connectivity index (χ2v) is 8.14.